The molecule has 31 heavy (non-hydrogen) atoms. The Hall–Kier alpha value is -2.15. The Bertz CT molecular complexity index is 1040. The standard InChI is InChI=1S/C24H26O7/c1-21-5-4-12(25)6-11(21)7-14(19(26)28-3)18-17-13-8-15(13)23(10-29-20(27)31-23)22(17,2)9-16-24(18,21)30-16/h6,8,14-18H,4-5,7,9-10H2,1-3H3/t14-,15+,16-,17?,18?,21+,22+,23?,24-/m1/s1. The van der Waals surface area contributed by atoms with Crippen molar-refractivity contribution in [3.63, 3.8) is 0 Å². The maximum atomic E-state index is 13.1. The number of methoxy groups -OCH3 is 1. The van der Waals surface area contributed by atoms with Crippen LogP contribution >= 0.6 is 0 Å². The summed E-state index contributed by atoms with van der Waals surface area (Å²) < 4.78 is 23.1. The summed E-state index contributed by atoms with van der Waals surface area (Å²) in [5.74, 6) is -0.440. The summed E-state index contributed by atoms with van der Waals surface area (Å²) in [6.45, 7) is 4.65. The Balaban J connectivity index is 1.41. The van der Waals surface area contributed by atoms with E-state index in [0.717, 1.165) is 18.4 Å². The van der Waals surface area contributed by atoms with Gasteiger partial charge in [-0.15, -0.1) is 0 Å². The summed E-state index contributed by atoms with van der Waals surface area (Å²) in [6.07, 6.45) is 5.84. The smallest absolute Gasteiger partial charge is 0.469 e. The normalized spacial score (nSPS) is 54.9. The lowest BCUT2D eigenvalue weighted by Gasteiger charge is -2.58. The number of hydrogen-bond donors (Lipinski definition) is 0. The lowest BCUT2D eigenvalue weighted by Crippen LogP contribution is -2.64. The number of rotatable bonds is 1. The fourth-order valence-corrected chi connectivity index (χ4v) is 8.68. The van der Waals surface area contributed by atoms with Gasteiger partial charge in [0.25, 0.3) is 0 Å². The van der Waals surface area contributed by atoms with Crippen LogP contribution in [0.1, 0.15) is 39.5 Å². The van der Waals surface area contributed by atoms with E-state index in [1.165, 1.54) is 12.7 Å². The van der Waals surface area contributed by atoms with Crippen molar-refractivity contribution >= 4 is 17.9 Å². The highest BCUT2D eigenvalue weighted by Gasteiger charge is 2.87. The van der Waals surface area contributed by atoms with E-state index in [1.54, 1.807) is 6.08 Å². The van der Waals surface area contributed by atoms with Gasteiger partial charge in [0.15, 0.2) is 11.4 Å². The molecule has 2 saturated heterocycles. The van der Waals surface area contributed by atoms with Gasteiger partial charge < -0.3 is 18.9 Å². The first-order valence-corrected chi connectivity index (χ1v) is 11.3. The second-order valence-electron chi connectivity index (χ2n) is 11.0. The van der Waals surface area contributed by atoms with E-state index < -0.39 is 17.4 Å². The third-order valence-electron chi connectivity index (χ3n) is 10.2. The van der Waals surface area contributed by atoms with Gasteiger partial charge in [-0.3, -0.25) is 9.59 Å². The van der Waals surface area contributed by atoms with Crippen LogP contribution in [0.4, 0.5) is 4.79 Å². The van der Waals surface area contributed by atoms with Crippen LogP contribution in [0.25, 0.3) is 0 Å². The third kappa shape index (κ3) is 1.76. The van der Waals surface area contributed by atoms with Gasteiger partial charge >= 0.3 is 12.1 Å². The molecule has 2 spiro atoms. The van der Waals surface area contributed by atoms with E-state index in [1.807, 2.05) is 0 Å². The molecule has 0 bridgehead atoms. The van der Waals surface area contributed by atoms with Crippen molar-refractivity contribution < 1.29 is 33.3 Å². The minimum Gasteiger partial charge on any atom is -0.469 e. The van der Waals surface area contributed by atoms with E-state index >= 15 is 0 Å². The van der Waals surface area contributed by atoms with Gasteiger partial charge in [-0.25, -0.2) is 4.79 Å². The van der Waals surface area contributed by atoms with Crippen LogP contribution < -0.4 is 0 Å². The van der Waals surface area contributed by atoms with Crippen LogP contribution in [-0.4, -0.2) is 48.9 Å². The Morgan fingerprint density at radius 1 is 1.26 bits per heavy atom. The van der Waals surface area contributed by atoms with E-state index in [2.05, 4.69) is 19.9 Å². The highest BCUT2D eigenvalue weighted by atomic mass is 16.8. The average molecular weight is 426 g/mol. The van der Waals surface area contributed by atoms with Crippen LogP contribution in [-0.2, 0) is 28.5 Å². The maximum absolute atomic E-state index is 13.1. The first-order valence-electron chi connectivity index (χ1n) is 11.3. The molecule has 7 aliphatic rings. The molecule has 3 saturated carbocycles. The summed E-state index contributed by atoms with van der Waals surface area (Å²) in [5, 5.41) is 0. The van der Waals surface area contributed by atoms with Crippen molar-refractivity contribution in [3.8, 4) is 0 Å². The van der Waals surface area contributed by atoms with E-state index in [4.69, 9.17) is 18.9 Å². The predicted octanol–water partition coefficient (Wildman–Crippen LogP) is 2.73. The second-order valence-corrected chi connectivity index (χ2v) is 11.0. The Kier molecular flexibility index (Phi) is 3.02. The quantitative estimate of drug-likeness (QED) is 0.362. The van der Waals surface area contributed by atoms with Gasteiger partial charge in [-0.1, -0.05) is 31.1 Å². The molecule has 0 amide bonds. The summed E-state index contributed by atoms with van der Waals surface area (Å²) in [6, 6.07) is 0. The Labute approximate surface area is 180 Å². The van der Waals surface area contributed by atoms with Crippen LogP contribution in [0.15, 0.2) is 23.3 Å². The van der Waals surface area contributed by atoms with Crippen LogP contribution in [0.5, 0.6) is 0 Å². The fraction of sp³-hybridized carbons (Fsp3) is 0.708. The van der Waals surface area contributed by atoms with Crippen molar-refractivity contribution in [2.45, 2.75) is 56.8 Å². The number of ether oxygens (including phenoxy) is 4. The average Bonchev–Trinajstić information content (AvgIpc) is 3.61. The highest BCUT2D eigenvalue weighted by molar-refractivity contribution is 5.92. The van der Waals surface area contributed by atoms with E-state index in [9.17, 15) is 14.4 Å². The molecule has 9 atom stereocenters. The number of fused-ring (bicyclic) bond motifs is 7. The number of ketones is 1. The van der Waals surface area contributed by atoms with Crippen LogP contribution in [0.3, 0.4) is 0 Å². The highest BCUT2D eigenvalue weighted by Crippen LogP contribution is 2.81. The number of carbonyl (C=O) groups is 3. The van der Waals surface area contributed by atoms with Crippen molar-refractivity contribution in [2.24, 2.45) is 34.5 Å². The molecule has 3 unspecified atom stereocenters. The SMILES string of the molecule is COC(=O)[C@@H]1CC2=CC(=O)CC[C@]2(C)[C@@]23O[C@@H]2C[C@@]2(C)C(C4=C[C@@H]4C24COC(=O)O4)C13. The zero-order valence-corrected chi connectivity index (χ0v) is 17.9. The molecule has 2 heterocycles. The largest absolute Gasteiger partial charge is 0.509 e. The monoisotopic (exact) mass is 426 g/mol. The molecule has 0 aromatic heterocycles. The van der Waals surface area contributed by atoms with Crippen LogP contribution in [0, 0.1) is 34.5 Å². The summed E-state index contributed by atoms with van der Waals surface area (Å²) in [5.41, 5.74) is 0.484. The molecule has 0 aromatic rings. The number of esters is 1. The van der Waals surface area contributed by atoms with E-state index in [0.29, 0.717) is 12.8 Å². The van der Waals surface area contributed by atoms with Gasteiger partial charge in [-0.05, 0) is 31.3 Å². The molecule has 0 radical (unpaired) electrons. The second kappa shape index (κ2) is 5.08. The van der Waals surface area contributed by atoms with Crippen molar-refractivity contribution in [1.82, 2.24) is 0 Å². The molecular weight excluding hydrogens is 400 g/mol. The Morgan fingerprint density at radius 3 is 2.77 bits per heavy atom. The number of epoxide rings is 1. The zero-order valence-electron chi connectivity index (χ0n) is 17.9. The fourth-order valence-electron chi connectivity index (χ4n) is 8.68. The molecule has 0 aromatic carbocycles. The van der Waals surface area contributed by atoms with Crippen LogP contribution in [0.2, 0.25) is 0 Å². The molecule has 7 rings (SSSR count). The molecule has 7 heteroatoms. The van der Waals surface area contributed by atoms with Gasteiger partial charge in [-0.2, -0.15) is 0 Å². The van der Waals surface area contributed by atoms with Crippen molar-refractivity contribution in [2.75, 3.05) is 13.7 Å². The number of carbonyl (C=O) groups excluding carboxylic acids is 3. The molecule has 5 fully saturated rings. The lowest BCUT2D eigenvalue weighted by molar-refractivity contribution is -0.160. The summed E-state index contributed by atoms with van der Waals surface area (Å²) in [7, 11) is 1.43. The predicted molar refractivity (Wildman–Crippen MR) is 105 cm³/mol. The minimum absolute atomic E-state index is 0.0397. The van der Waals surface area contributed by atoms with E-state index in [-0.39, 0.29) is 59.0 Å². The molecule has 5 aliphatic carbocycles. The van der Waals surface area contributed by atoms with Crippen molar-refractivity contribution in [3.05, 3.63) is 23.3 Å². The number of cyclic esters (lactones) is 1. The number of hydrogen-bond acceptors (Lipinski definition) is 7. The molecule has 0 N–H and O–H groups in total. The molecule has 164 valence electrons. The zero-order chi connectivity index (χ0) is 21.6. The first kappa shape index (κ1) is 18.4. The molecular formula is C24H26O7. The topological polar surface area (TPSA) is 91.4 Å². The molecule has 2 aliphatic heterocycles. The lowest BCUT2D eigenvalue weighted by atomic mass is 9.43. The van der Waals surface area contributed by atoms with Gasteiger partial charge in [0, 0.05) is 29.1 Å². The molecule has 7 nitrogen and oxygen atoms in total. The summed E-state index contributed by atoms with van der Waals surface area (Å²) >= 11 is 0. The minimum atomic E-state index is -0.706. The first-order chi connectivity index (χ1) is 14.7. The van der Waals surface area contributed by atoms with Gasteiger partial charge in [0.05, 0.1) is 19.1 Å². The van der Waals surface area contributed by atoms with Gasteiger partial charge in [0.2, 0.25) is 0 Å². The van der Waals surface area contributed by atoms with Crippen molar-refractivity contribution in [1.29, 1.82) is 0 Å². The third-order valence-corrected chi connectivity index (χ3v) is 10.2. The Morgan fingerprint density at radius 2 is 2.06 bits per heavy atom. The summed E-state index contributed by atoms with van der Waals surface area (Å²) in [4.78, 5) is 37.4. The maximum Gasteiger partial charge on any atom is 0.509 e. The van der Waals surface area contributed by atoms with Gasteiger partial charge in [0.1, 0.15) is 12.2 Å².